The molecular formula is C14H30O5. The highest BCUT2D eigenvalue weighted by atomic mass is 17.2. The average Bonchev–Trinajstić information content (AvgIpc) is 2.43. The van der Waals surface area contributed by atoms with Crippen molar-refractivity contribution in [2.24, 2.45) is 0 Å². The van der Waals surface area contributed by atoms with Crippen LogP contribution in [-0.2, 0) is 24.0 Å². The lowest BCUT2D eigenvalue weighted by Crippen LogP contribution is -2.06. The summed E-state index contributed by atoms with van der Waals surface area (Å²) in [5.74, 6) is 0. The van der Waals surface area contributed by atoms with Crippen LogP contribution in [0.1, 0.15) is 39.5 Å². The van der Waals surface area contributed by atoms with Crippen LogP contribution in [0.5, 0.6) is 0 Å². The van der Waals surface area contributed by atoms with Gasteiger partial charge >= 0.3 is 0 Å². The molecule has 0 amide bonds. The number of ether oxygens (including phenoxy) is 3. The standard InChI is InChI=1S/C14H30O5/c1-3-15-11-12-17-9-7-5-6-8-10-18-19-14-13-16-4-2/h3-14H2,1-2H3. The molecule has 0 aromatic carbocycles. The Kier molecular flexibility index (Phi) is 17.6. The second-order valence-corrected chi connectivity index (χ2v) is 4.06. The first-order valence-corrected chi connectivity index (χ1v) is 7.39. The third kappa shape index (κ3) is 17.8. The van der Waals surface area contributed by atoms with Crippen molar-refractivity contribution in [2.75, 3.05) is 52.9 Å². The summed E-state index contributed by atoms with van der Waals surface area (Å²) in [6.07, 6.45) is 4.42. The van der Waals surface area contributed by atoms with Crippen LogP contribution in [0.3, 0.4) is 0 Å². The predicted octanol–water partition coefficient (Wildman–Crippen LogP) is 2.58. The van der Waals surface area contributed by atoms with Crippen molar-refractivity contribution >= 4 is 0 Å². The molecule has 5 heteroatoms. The second kappa shape index (κ2) is 17.8. The van der Waals surface area contributed by atoms with Crippen LogP contribution in [0.4, 0.5) is 0 Å². The van der Waals surface area contributed by atoms with Gasteiger partial charge in [-0.3, -0.25) is 0 Å². The van der Waals surface area contributed by atoms with E-state index in [0.717, 1.165) is 45.5 Å². The van der Waals surface area contributed by atoms with Crippen molar-refractivity contribution in [3.63, 3.8) is 0 Å². The van der Waals surface area contributed by atoms with Crippen LogP contribution < -0.4 is 0 Å². The van der Waals surface area contributed by atoms with E-state index >= 15 is 0 Å². The highest BCUT2D eigenvalue weighted by molar-refractivity contribution is 4.42. The van der Waals surface area contributed by atoms with E-state index in [4.69, 9.17) is 24.0 Å². The summed E-state index contributed by atoms with van der Waals surface area (Å²) < 4.78 is 15.7. The van der Waals surface area contributed by atoms with Crippen LogP contribution in [0.25, 0.3) is 0 Å². The molecule has 0 fully saturated rings. The molecule has 0 rings (SSSR count). The van der Waals surface area contributed by atoms with Crippen LogP contribution in [0, 0.1) is 0 Å². The van der Waals surface area contributed by atoms with Gasteiger partial charge in [0.05, 0.1) is 26.4 Å². The summed E-state index contributed by atoms with van der Waals surface area (Å²) in [7, 11) is 0. The maximum absolute atomic E-state index is 5.42. The number of hydrogen-bond donors (Lipinski definition) is 0. The van der Waals surface area contributed by atoms with Gasteiger partial charge in [0.1, 0.15) is 6.61 Å². The van der Waals surface area contributed by atoms with E-state index in [2.05, 4.69) is 0 Å². The molecule has 0 aromatic heterocycles. The molecule has 0 heterocycles. The highest BCUT2D eigenvalue weighted by Crippen LogP contribution is 2.00. The van der Waals surface area contributed by atoms with Gasteiger partial charge in [-0.15, -0.1) is 0 Å². The molecule has 0 aliphatic carbocycles. The summed E-state index contributed by atoms with van der Waals surface area (Å²) in [4.78, 5) is 9.98. The molecule has 116 valence electrons. The summed E-state index contributed by atoms with van der Waals surface area (Å²) in [6.45, 7) is 9.39. The molecule has 0 saturated heterocycles. The zero-order chi connectivity index (χ0) is 14.0. The Labute approximate surface area is 117 Å². The fraction of sp³-hybridized carbons (Fsp3) is 1.00. The van der Waals surface area contributed by atoms with E-state index in [1.807, 2.05) is 13.8 Å². The highest BCUT2D eigenvalue weighted by Gasteiger charge is 1.93. The molecule has 0 N–H and O–H groups in total. The van der Waals surface area contributed by atoms with Crippen LogP contribution >= 0.6 is 0 Å². The number of rotatable bonds is 16. The van der Waals surface area contributed by atoms with E-state index in [-0.39, 0.29) is 0 Å². The lowest BCUT2D eigenvalue weighted by atomic mass is 10.2. The molecule has 0 saturated carbocycles. The summed E-state index contributed by atoms with van der Waals surface area (Å²) in [6, 6.07) is 0. The zero-order valence-corrected chi connectivity index (χ0v) is 12.5. The fourth-order valence-electron chi connectivity index (χ4n) is 1.44. The van der Waals surface area contributed by atoms with E-state index in [1.54, 1.807) is 0 Å². The molecule has 0 bridgehead atoms. The second-order valence-electron chi connectivity index (χ2n) is 4.06. The van der Waals surface area contributed by atoms with Crippen LogP contribution in [0.2, 0.25) is 0 Å². The first-order valence-electron chi connectivity index (χ1n) is 7.39. The van der Waals surface area contributed by atoms with Gasteiger partial charge in [-0.05, 0) is 26.7 Å². The largest absolute Gasteiger partial charge is 0.379 e. The predicted molar refractivity (Wildman–Crippen MR) is 74.2 cm³/mol. The maximum Gasteiger partial charge on any atom is 0.106 e. The first-order chi connectivity index (χ1) is 9.41. The Hall–Kier alpha value is -0.200. The van der Waals surface area contributed by atoms with E-state index in [0.29, 0.717) is 33.0 Å². The van der Waals surface area contributed by atoms with Gasteiger partial charge in [0.2, 0.25) is 0 Å². The van der Waals surface area contributed by atoms with Crippen molar-refractivity contribution in [3.05, 3.63) is 0 Å². The minimum Gasteiger partial charge on any atom is -0.379 e. The molecule has 0 aromatic rings. The van der Waals surface area contributed by atoms with Crippen LogP contribution in [-0.4, -0.2) is 52.9 Å². The van der Waals surface area contributed by atoms with Gasteiger partial charge in [0.15, 0.2) is 0 Å². The van der Waals surface area contributed by atoms with Crippen molar-refractivity contribution < 1.29 is 24.0 Å². The lowest BCUT2D eigenvalue weighted by molar-refractivity contribution is -0.299. The monoisotopic (exact) mass is 278 g/mol. The number of hydrogen-bond acceptors (Lipinski definition) is 5. The van der Waals surface area contributed by atoms with Crippen molar-refractivity contribution in [1.29, 1.82) is 0 Å². The topological polar surface area (TPSA) is 46.2 Å². The summed E-state index contributed by atoms with van der Waals surface area (Å²) >= 11 is 0. The maximum atomic E-state index is 5.42. The molecule has 0 atom stereocenters. The molecule has 0 aliphatic rings. The molecule has 0 aliphatic heterocycles. The van der Waals surface area contributed by atoms with Crippen molar-refractivity contribution in [3.8, 4) is 0 Å². The normalized spacial score (nSPS) is 11.1. The van der Waals surface area contributed by atoms with E-state index in [1.165, 1.54) is 0 Å². The Morgan fingerprint density at radius 3 is 1.68 bits per heavy atom. The summed E-state index contributed by atoms with van der Waals surface area (Å²) in [5.41, 5.74) is 0. The third-order valence-electron chi connectivity index (χ3n) is 2.44. The quantitative estimate of drug-likeness (QED) is 0.247. The lowest BCUT2D eigenvalue weighted by Gasteiger charge is -2.05. The molecular weight excluding hydrogens is 248 g/mol. The molecule has 0 spiro atoms. The van der Waals surface area contributed by atoms with E-state index < -0.39 is 0 Å². The van der Waals surface area contributed by atoms with Crippen molar-refractivity contribution in [1.82, 2.24) is 0 Å². The Morgan fingerprint density at radius 2 is 1.00 bits per heavy atom. The van der Waals surface area contributed by atoms with Gasteiger partial charge in [-0.2, -0.15) is 0 Å². The Balaban J connectivity index is 2.88. The third-order valence-corrected chi connectivity index (χ3v) is 2.44. The molecule has 0 unspecified atom stereocenters. The van der Waals surface area contributed by atoms with E-state index in [9.17, 15) is 0 Å². The fourth-order valence-corrected chi connectivity index (χ4v) is 1.44. The summed E-state index contributed by atoms with van der Waals surface area (Å²) in [5, 5.41) is 0. The average molecular weight is 278 g/mol. The van der Waals surface area contributed by atoms with Crippen LogP contribution in [0.15, 0.2) is 0 Å². The van der Waals surface area contributed by atoms with Gasteiger partial charge in [-0.25, -0.2) is 9.78 Å². The van der Waals surface area contributed by atoms with Gasteiger partial charge in [0, 0.05) is 19.8 Å². The SMILES string of the molecule is CCOCCOCCCCCCOOCCOCC. The van der Waals surface area contributed by atoms with Crippen molar-refractivity contribution in [2.45, 2.75) is 39.5 Å². The van der Waals surface area contributed by atoms with Gasteiger partial charge < -0.3 is 14.2 Å². The minimum atomic E-state index is 0.501. The Bertz CT molecular complexity index is 139. The minimum absolute atomic E-state index is 0.501. The Morgan fingerprint density at radius 1 is 0.474 bits per heavy atom. The molecule has 5 nitrogen and oxygen atoms in total. The first kappa shape index (κ1) is 18.8. The molecule has 19 heavy (non-hydrogen) atoms. The van der Waals surface area contributed by atoms with Gasteiger partial charge in [0.25, 0.3) is 0 Å². The number of unbranched alkanes of at least 4 members (excludes halogenated alkanes) is 3. The molecule has 0 radical (unpaired) electrons. The smallest absolute Gasteiger partial charge is 0.106 e. The zero-order valence-electron chi connectivity index (χ0n) is 12.5. The van der Waals surface area contributed by atoms with Gasteiger partial charge in [-0.1, -0.05) is 12.8 Å².